The van der Waals surface area contributed by atoms with E-state index in [1.54, 1.807) is 10.9 Å². The van der Waals surface area contributed by atoms with Gasteiger partial charge in [0, 0.05) is 18.3 Å². The summed E-state index contributed by atoms with van der Waals surface area (Å²) in [6, 6.07) is 4.30. The summed E-state index contributed by atoms with van der Waals surface area (Å²) < 4.78 is 41.4. The first-order valence-corrected chi connectivity index (χ1v) is 7.59. The average Bonchev–Trinajstić information content (AvgIpc) is 3.21. The minimum atomic E-state index is -2.95. The average molecular weight is 371 g/mol. The highest BCUT2D eigenvalue weighted by atomic mass is 35.5. The fourth-order valence-corrected chi connectivity index (χ4v) is 2.36. The first-order chi connectivity index (χ1) is 12.0. The molecule has 2 aromatic heterocycles. The highest BCUT2D eigenvalue weighted by molar-refractivity contribution is 6.32. The van der Waals surface area contributed by atoms with E-state index in [1.165, 1.54) is 25.3 Å². The van der Waals surface area contributed by atoms with Gasteiger partial charge in [0.25, 0.3) is 5.89 Å². The van der Waals surface area contributed by atoms with Crippen molar-refractivity contribution in [2.45, 2.75) is 20.1 Å². The Morgan fingerprint density at radius 1 is 1.24 bits per heavy atom. The van der Waals surface area contributed by atoms with E-state index in [0.717, 1.165) is 0 Å². The molecule has 7 nitrogen and oxygen atoms in total. The number of hydrogen-bond donors (Lipinski definition) is 0. The van der Waals surface area contributed by atoms with Crippen LogP contribution in [0.4, 0.5) is 8.78 Å². The molecule has 0 aliphatic heterocycles. The fraction of sp³-hybridized carbons (Fsp3) is 0.267. The smallest absolute Gasteiger partial charge is 0.387 e. The van der Waals surface area contributed by atoms with E-state index in [-0.39, 0.29) is 23.3 Å². The molecule has 10 heteroatoms. The zero-order valence-corrected chi connectivity index (χ0v) is 14.0. The summed E-state index contributed by atoms with van der Waals surface area (Å²) in [6.07, 6.45) is 1.65. The van der Waals surface area contributed by atoms with Crippen LogP contribution in [0, 0.1) is 0 Å². The molecule has 3 rings (SSSR count). The third kappa shape index (κ3) is 3.55. The Kier molecular flexibility index (Phi) is 4.84. The van der Waals surface area contributed by atoms with Crippen LogP contribution in [0.3, 0.4) is 0 Å². The van der Waals surface area contributed by atoms with E-state index in [2.05, 4.69) is 20.0 Å². The first-order valence-electron chi connectivity index (χ1n) is 7.21. The summed E-state index contributed by atoms with van der Waals surface area (Å²) in [7, 11) is 1.34. The van der Waals surface area contributed by atoms with Gasteiger partial charge in [-0.15, -0.1) is 10.2 Å². The fourth-order valence-electron chi connectivity index (χ4n) is 2.13. The van der Waals surface area contributed by atoms with Crippen molar-refractivity contribution in [2.75, 3.05) is 7.11 Å². The standard InChI is InChI=1S/C15H13ClF2N4O3/c1-3-22-7-9(16)12(21-22)14-20-19-13(25-14)8-4-5-10(24-15(17)18)11(6-8)23-2/h4-7,15H,3H2,1-2H3. The van der Waals surface area contributed by atoms with Crippen LogP contribution in [0.25, 0.3) is 23.0 Å². The van der Waals surface area contributed by atoms with E-state index in [0.29, 0.717) is 22.8 Å². The van der Waals surface area contributed by atoms with E-state index < -0.39 is 6.61 Å². The summed E-state index contributed by atoms with van der Waals surface area (Å²) >= 11 is 6.11. The second kappa shape index (κ2) is 7.06. The summed E-state index contributed by atoms with van der Waals surface area (Å²) in [5, 5.41) is 12.5. The Morgan fingerprint density at radius 2 is 2.00 bits per heavy atom. The van der Waals surface area contributed by atoms with E-state index in [9.17, 15) is 8.78 Å². The Morgan fingerprint density at radius 3 is 2.64 bits per heavy atom. The molecule has 0 saturated heterocycles. The predicted molar refractivity (Wildman–Crippen MR) is 84.8 cm³/mol. The molecule has 0 atom stereocenters. The summed E-state index contributed by atoms with van der Waals surface area (Å²) in [5.41, 5.74) is 0.843. The number of ether oxygens (including phenoxy) is 2. The van der Waals surface area contributed by atoms with Gasteiger partial charge in [0.2, 0.25) is 5.89 Å². The third-order valence-electron chi connectivity index (χ3n) is 3.30. The van der Waals surface area contributed by atoms with Gasteiger partial charge >= 0.3 is 6.61 Å². The lowest BCUT2D eigenvalue weighted by atomic mass is 10.2. The summed E-state index contributed by atoms with van der Waals surface area (Å²) in [5.74, 6) is 0.342. The Labute approximate surface area is 146 Å². The molecule has 0 aliphatic rings. The number of hydrogen-bond acceptors (Lipinski definition) is 6. The molecule has 2 heterocycles. The summed E-state index contributed by atoms with van der Waals surface area (Å²) in [6.45, 7) is -0.392. The summed E-state index contributed by atoms with van der Waals surface area (Å²) in [4.78, 5) is 0. The SMILES string of the molecule is CCn1cc(Cl)c(-c2nnc(-c3ccc(OC(F)F)c(OC)c3)o2)n1. The molecule has 1 aromatic carbocycles. The third-order valence-corrected chi connectivity index (χ3v) is 3.57. The van der Waals surface area contributed by atoms with Gasteiger partial charge in [0.15, 0.2) is 17.2 Å². The number of nitrogens with zero attached hydrogens (tertiary/aromatic N) is 4. The van der Waals surface area contributed by atoms with Crippen molar-refractivity contribution in [3.05, 3.63) is 29.4 Å². The van der Waals surface area contributed by atoms with Gasteiger partial charge < -0.3 is 13.9 Å². The molecule has 3 aromatic rings. The van der Waals surface area contributed by atoms with Crippen LogP contribution >= 0.6 is 11.6 Å². The van der Waals surface area contributed by atoms with Gasteiger partial charge in [-0.25, -0.2) is 0 Å². The van der Waals surface area contributed by atoms with Gasteiger partial charge in [-0.3, -0.25) is 4.68 Å². The lowest BCUT2D eigenvalue weighted by Gasteiger charge is -2.10. The van der Waals surface area contributed by atoms with Crippen molar-refractivity contribution in [3.8, 4) is 34.5 Å². The minimum absolute atomic E-state index is 0.0919. The molecule has 0 N–H and O–H groups in total. The van der Waals surface area contributed by atoms with Gasteiger partial charge in [-0.1, -0.05) is 11.6 Å². The first kappa shape index (κ1) is 17.2. The number of halogens is 3. The van der Waals surface area contributed by atoms with Gasteiger partial charge in [0.05, 0.1) is 12.1 Å². The van der Waals surface area contributed by atoms with Crippen molar-refractivity contribution in [3.63, 3.8) is 0 Å². The second-order valence-corrected chi connectivity index (χ2v) is 5.25. The molecule has 0 amide bonds. The molecular weight excluding hydrogens is 358 g/mol. The van der Waals surface area contributed by atoms with Crippen LogP contribution in [0.5, 0.6) is 11.5 Å². The normalized spacial score (nSPS) is 11.1. The van der Waals surface area contributed by atoms with Crippen LogP contribution in [0.15, 0.2) is 28.8 Å². The van der Waals surface area contributed by atoms with Gasteiger partial charge in [0.1, 0.15) is 0 Å². The molecular formula is C15H13ClF2N4O3. The van der Waals surface area contributed by atoms with E-state index in [1.807, 2.05) is 6.92 Å². The highest BCUT2D eigenvalue weighted by Crippen LogP contribution is 2.34. The predicted octanol–water partition coefficient (Wildman–Crippen LogP) is 3.88. The van der Waals surface area contributed by atoms with Crippen LogP contribution in [-0.4, -0.2) is 33.7 Å². The Bertz CT molecular complexity index is 882. The molecule has 0 fully saturated rings. The largest absolute Gasteiger partial charge is 0.493 e. The molecule has 0 saturated carbocycles. The maximum atomic E-state index is 12.4. The van der Waals surface area contributed by atoms with Crippen molar-refractivity contribution in [1.29, 1.82) is 0 Å². The topological polar surface area (TPSA) is 75.2 Å². The van der Waals surface area contributed by atoms with Gasteiger partial charge in [-0.2, -0.15) is 13.9 Å². The van der Waals surface area contributed by atoms with Crippen LogP contribution < -0.4 is 9.47 Å². The second-order valence-electron chi connectivity index (χ2n) is 4.84. The van der Waals surface area contributed by atoms with Crippen molar-refractivity contribution in [1.82, 2.24) is 20.0 Å². The highest BCUT2D eigenvalue weighted by Gasteiger charge is 2.18. The maximum Gasteiger partial charge on any atom is 0.387 e. The zero-order chi connectivity index (χ0) is 18.0. The lowest BCUT2D eigenvalue weighted by Crippen LogP contribution is -2.03. The monoisotopic (exact) mass is 370 g/mol. The zero-order valence-electron chi connectivity index (χ0n) is 13.2. The van der Waals surface area contributed by atoms with Crippen LogP contribution in [0.2, 0.25) is 5.02 Å². The minimum Gasteiger partial charge on any atom is -0.493 e. The van der Waals surface area contributed by atoms with Crippen molar-refractivity contribution in [2.24, 2.45) is 0 Å². The number of aromatic nitrogens is 4. The molecule has 132 valence electrons. The Balaban J connectivity index is 1.92. The van der Waals surface area contributed by atoms with E-state index >= 15 is 0 Å². The quantitative estimate of drug-likeness (QED) is 0.655. The lowest BCUT2D eigenvalue weighted by molar-refractivity contribution is -0.0512. The van der Waals surface area contributed by atoms with Crippen molar-refractivity contribution < 1.29 is 22.7 Å². The number of alkyl halides is 2. The van der Waals surface area contributed by atoms with Crippen molar-refractivity contribution >= 4 is 11.6 Å². The Hall–Kier alpha value is -2.68. The van der Waals surface area contributed by atoms with Crippen LogP contribution in [-0.2, 0) is 6.54 Å². The molecule has 0 bridgehead atoms. The molecule has 25 heavy (non-hydrogen) atoms. The maximum absolute atomic E-state index is 12.4. The molecule has 0 unspecified atom stereocenters. The number of methoxy groups -OCH3 is 1. The molecule has 0 spiro atoms. The van der Waals surface area contributed by atoms with Crippen LogP contribution in [0.1, 0.15) is 6.92 Å². The van der Waals surface area contributed by atoms with E-state index in [4.69, 9.17) is 20.8 Å². The number of rotatable bonds is 6. The van der Waals surface area contributed by atoms with Gasteiger partial charge in [-0.05, 0) is 25.1 Å². The molecule has 0 radical (unpaired) electrons. The molecule has 0 aliphatic carbocycles. The number of benzene rings is 1. The number of aryl methyl sites for hydroxylation is 1.